The molecule has 3 rings (SSSR count). The minimum atomic E-state index is -0.576. The molecule has 1 unspecified atom stereocenters. The summed E-state index contributed by atoms with van der Waals surface area (Å²) in [5, 5.41) is 5.86. The van der Waals surface area contributed by atoms with Gasteiger partial charge in [0, 0.05) is 18.5 Å². The molecule has 1 atom stereocenters. The van der Waals surface area contributed by atoms with Gasteiger partial charge in [0.2, 0.25) is 5.91 Å². The number of thioether (sulfide) groups is 1. The summed E-state index contributed by atoms with van der Waals surface area (Å²) in [5.74, 6) is 1.21. The van der Waals surface area contributed by atoms with Gasteiger partial charge in [0.1, 0.15) is 11.9 Å². The molecule has 1 aromatic heterocycles. The van der Waals surface area contributed by atoms with E-state index in [1.54, 1.807) is 11.8 Å². The quantitative estimate of drug-likeness (QED) is 0.457. The largest absolute Gasteiger partial charge is 0.354 e. The summed E-state index contributed by atoms with van der Waals surface area (Å²) in [5.41, 5.74) is 3.64. The van der Waals surface area contributed by atoms with E-state index in [1.807, 2.05) is 54.8 Å². The van der Waals surface area contributed by atoms with Crippen molar-refractivity contribution in [2.45, 2.75) is 45.1 Å². The van der Waals surface area contributed by atoms with E-state index in [4.69, 9.17) is 0 Å². The Labute approximate surface area is 194 Å². The van der Waals surface area contributed by atoms with E-state index < -0.39 is 6.04 Å². The first kappa shape index (κ1) is 23.9. The lowest BCUT2D eigenvalue weighted by Crippen LogP contribution is -2.47. The van der Waals surface area contributed by atoms with Crippen molar-refractivity contribution in [3.63, 3.8) is 0 Å². The average molecular weight is 453 g/mol. The third-order valence-corrected chi connectivity index (χ3v) is 5.99. The summed E-state index contributed by atoms with van der Waals surface area (Å²) in [4.78, 5) is 33.4. The molecule has 0 fully saturated rings. The van der Waals surface area contributed by atoms with Gasteiger partial charge < -0.3 is 15.6 Å². The number of fused-ring (bicyclic) bond motifs is 1. The van der Waals surface area contributed by atoms with Gasteiger partial charge in [0.05, 0.1) is 11.0 Å². The van der Waals surface area contributed by atoms with Crippen molar-refractivity contribution in [1.29, 1.82) is 0 Å². The Morgan fingerprint density at radius 3 is 2.47 bits per heavy atom. The van der Waals surface area contributed by atoms with Crippen LogP contribution >= 0.6 is 11.8 Å². The first-order valence-electron chi connectivity index (χ1n) is 10.9. The van der Waals surface area contributed by atoms with Crippen molar-refractivity contribution in [2.75, 3.05) is 18.6 Å². The number of benzene rings is 2. The molecular weight excluding hydrogens is 420 g/mol. The van der Waals surface area contributed by atoms with Crippen LogP contribution < -0.4 is 10.6 Å². The van der Waals surface area contributed by atoms with E-state index in [9.17, 15) is 9.59 Å². The van der Waals surface area contributed by atoms with E-state index in [2.05, 4.69) is 41.4 Å². The molecule has 2 aromatic carbocycles. The fourth-order valence-corrected chi connectivity index (χ4v) is 3.89. The molecular formula is C25H32N4O2S. The molecule has 3 aromatic rings. The number of nitrogens with zero attached hydrogens (tertiary/aromatic N) is 1. The van der Waals surface area contributed by atoms with Crippen molar-refractivity contribution < 1.29 is 9.59 Å². The lowest BCUT2D eigenvalue weighted by atomic mass is 9.86. The number of nitrogens with one attached hydrogen (secondary N) is 3. The molecule has 2 amide bonds. The molecule has 170 valence electrons. The standard InChI is InChI=1S/C25H32N4O2S/c1-25(2,3)18-11-9-17(10-12-18)23(30)29-21(14-16-32-4)24(31)26-15-13-22-27-19-7-5-6-8-20(19)28-22/h5-12,21H,13-16H2,1-4H3,(H,26,31)(H,27,28)(H,29,30). The Bertz CT molecular complexity index is 1020. The zero-order valence-corrected chi connectivity index (χ0v) is 20.0. The topological polar surface area (TPSA) is 86.9 Å². The molecule has 0 saturated heterocycles. The van der Waals surface area contributed by atoms with E-state index in [0.717, 1.165) is 28.2 Å². The summed E-state index contributed by atoms with van der Waals surface area (Å²) in [7, 11) is 0. The molecule has 0 aliphatic rings. The Morgan fingerprint density at radius 1 is 1.09 bits per heavy atom. The second-order valence-electron chi connectivity index (χ2n) is 8.88. The number of aromatic amines is 1. The summed E-state index contributed by atoms with van der Waals surface area (Å²) in [6.07, 6.45) is 3.16. The van der Waals surface area contributed by atoms with Gasteiger partial charge in [-0.1, -0.05) is 45.0 Å². The van der Waals surface area contributed by atoms with Crippen LogP contribution in [0.15, 0.2) is 48.5 Å². The smallest absolute Gasteiger partial charge is 0.251 e. The SMILES string of the molecule is CSCCC(NC(=O)c1ccc(C(C)(C)C)cc1)C(=O)NCCc1nc2ccccc2[nH]1. The van der Waals surface area contributed by atoms with Crippen LogP contribution in [0, 0.1) is 0 Å². The number of aromatic nitrogens is 2. The second-order valence-corrected chi connectivity index (χ2v) is 9.86. The van der Waals surface area contributed by atoms with Crippen molar-refractivity contribution in [3.8, 4) is 0 Å². The highest BCUT2D eigenvalue weighted by atomic mass is 32.2. The Morgan fingerprint density at radius 2 is 1.81 bits per heavy atom. The minimum Gasteiger partial charge on any atom is -0.354 e. The van der Waals surface area contributed by atoms with Crippen LogP contribution in [-0.4, -0.2) is 46.4 Å². The van der Waals surface area contributed by atoms with Crippen molar-refractivity contribution in [3.05, 3.63) is 65.5 Å². The molecule has 0 bridgehead atoms. The van der Waals surface area contributed by atoms with Crippen molar-refractivity contribution in [2.24, 2.45) is 0 Å². The van der Waals surface area contributed by atoms with Gasteiger partial charge in [-0.05, 0) is 53.7 Å². The normalized spacial score (nSPS) is 12.5. The molecule has 0 radical (unpaired) electrons. The van der Waals surface area contributed by atoms with Gasteiger partial charge in [-0.25, -0.2) is 4.98 Å². The zero-order valence-electron chi connectivity index (χ0n) is 19.2. The third-order valence-electron chi connectivity index (χ3n) is 5.35. The van der Waals surface area contributed by atoms with E-state index in [-0.39, 0.29) is 17.2 Å². The Hall–Kier alpha value is -2.80. The first-order chi connectivity index (χ1) is 15.3. The molecule has 1 heterocycles. The van der Waals surface area contributed by atoms with Gasteiger partial charge in [0.15, 0.2) is 0 Å². The van der Waals surface area contributed by atoms with Crippen LogP contribution in [0.25, 0.3) is 11.0 Å². The first-order valence-corrected chi connectivity index (χ1v) is 12.3. The number of rotatable bonds is 9. The highest BCUT2D eigenvalue weighted by Gasteiger charge is 2.21. The molecule has 0 spiro atoms. The fraction of sp³-hybridized carbons (Fsp3) is 0.400. The summed E-state index contributed by atoms with van der Waals surface area (Å²) < 4.78 is 0. The predicted molar refractivity (Wildman–Crippen MR) is 132 cm³/mol. The number of imidazole rings is 1. The highest BCUT2D eigenvalue weighted by Crippen LogP contribution is 2.22. The van der Waals surface area contributed by atoms with Gasteiger partial charge >= 0.3 is 0 Å². The number of para-hydroxylation sites is 2. The number of hydrogen-bond donors (Lipinski definition) is 3. The molecule has 32 heavy (non-hydrogen) atoms. The van der Waals surface area contributed by atoms with Gasteiger partial charge in [-0.15, -0.1) is 0 Å². The summed E-state index contributed by atoms with van der Waals surface area (Å²) in [6.45, 7) is 6.85. The van der Waals surface area contributed by atoms with Crippen molar-refractivity contribution >= 4 is 34.6 Å². The number of H-pyrrole nitrogens is 1. The van der Waals surface area contributed by atoms with Crippen molar-refractivity contribution in [1.82, 2.24) is 20.6 Å². The van der Waals surface area contributed by atoms with Crippen LogP contribution in [0.5, 0.6) is 0 Å². The Kier molecular flexibility index (Phi) is 7.96. The highest BCUT2D eigenvalue weighted by molar-refractivity contribution is 7.98. The number of hydrogen-bond acceptors (Lipinski definition) is 4. The molecule has 3 N–H and O–H groups in total. The maximum atomic E-state index is 12.8. The molecule has 0 saturated carbocycles. The fourth-order valence-electron chi connectivity index (χ4n) is 3.42. The number of carbonyl (C=O) groups is 2. The maximum absolute atomic E-state index is 12.8. The lowest BCUT2D eigenvalue weighted by Gasteiger charge is -2.20. The number of amides is 2. The van der Waals surface area contributed by atoms with E-state index in [1.165, 1.54) is 0 Å². The van der Waals surface area contributed by atoms with Crippen LogP contribution in [0.3, 0.4) is 0 Å². The summed E-state index contributed by atoms with van der Waals surface area (Å²) >= 11 is 1.65. The van der Waals surface area contributed by atoms with Crippen LogP contribution in [0.4, 0.5) is 0 Å². The zero-order chi connectivity index (χ0) is 23.1. The molecule has 0 aliphatic carbocycles. The van der Waals surface area contributed by atoms with Crippen LogP contribution in [0.2, 0.25) is 0 Å². The molecule has 7 heteroatoms. The van der Waals surface area contributed by atoms with Gasteiger partial charge in [-0.2, -0.15) is 11.8 Å². The van der Waals surface area contributed by atoms with E-state index >= 15 is 0 Å². The third kappa shape index (κ3) is 6.36. The van der Waals surface area contributed by atoms with Gasteiger partial charge in [0.25, 0.3) is 5.91 Å². The predicted octanol–water partition coefficient (Wildman–Crippen LogP) is 4.07. The molecule has 6 nitrogen and oxygen atoms in total. The summed E-state index contributed by atoms with van der Waals surface area (Å²) in [6, 6.07) is 14.8. The number of carbonyl (C=O) groups excluding carboxylic acids is 2. The molecule has 0 aliphatic heterocycles. The lowest BCUT2D eigenvalue weighted by molar-refractivity contribution is -0.122. The Balaban J connectivity index is 1.57. The maximum Gasteiger partial charge on any atom is 0.251 e. The monoisotopic (exact) mass is 452 g/mol. The second kappa shape index (κ2) is 10.7. The average Bonchev–Trinajstić information content (AvgIpc) is 3.18. The minimum absolute atomic E-state index is 0.0234. The van der Waals surface area contributed by atoms with Crippen LogP contribution in [0.1, 0.15) is 48.9 Å². The van der Waals surface area contributed by atoms with Gasteiger partial charge in [-0.3, -0.25) is 9.59 Å². The van der Waals surface area contributed by atoms with Crippen LogP contribution in [-0.2, 0) is 16.6 Å². The van der Waals surface area contributed by atoms with E-state index in [0.29, 0.717) is 24.9 Å².